The zero-order valence-corrected chi connectivity index (χ0v) is 11.4. The lowest BCUT2D eigenvalue weighted by Gasteiger charge is -2.26. The third kappa shape index (κ3) is 2.37. The van der Waals surface area contributed by atoms with Crippen molar-refractivity contribution < 1.29 is 14.0 Å². The molecule has 1 heterocycles. The van der Waals surface area contributed by atoms with Crippen molar-refractivity contribution in [1.82, 2.24) is 0 Å². The molecule has 17 heavy (non-hydrogen) atoms. The molecule has 0 bridgehead atoms. The minimum atomic E-state index is -0.482. The normalized spacial score (nSPS) is 16.5. The summed E-state index contributed by atoms with van der Waals surface area (Å²) in [5.41, 5.74) is 1.02. The summed E-state index contributed by atoms with van der Waals surface area (Å²) >= 11 is 4.35. The average molecular weight is 318 g/mol. The van der Waals surface area contributed by atoms with Crippen LogP contribution in [0.5, 0.6) is 0 Å². The van der Waals surface area contributed by atoms with Gasteiger partial charge in [0, 0.05) is 0 Å². The Morgan fingerprint density at radius 1 is 1.29 bits per heavy atom. The highest BCUT2D eigenvalue weighted by Crippen LogP contribution is 2.29. The summed E-state index contributed by atoms with van der Waals surface area (Å²) in [6.45, 7) is 1.74. The fourth-order valence-corrected chi connectivity index (χ4v) is 2.81. The van der Waals surface area contributed by atoms with Crippen LogP contribution in [-0.2, 0) is 9.59 Å². The van der Waals surface area contributed by atoms with E-state index in [0.29, 0.717) is 15.7 Å². The second-order valence-corrected chi connectivity index (χ2v) is 5.51. The van der Waals surface area contributed by atoms with Gasteiger partial charge >= 0.3 is 0 Å². The maximum absolute atomic E-state index is 13.5. The molecule has 1 aliphatic heterocycles. The van der Waals surface area contributed by atoms with E-state index in [0.717, 1.165) is 4.90 Å². The van der Waals surface area contributed by atoms with Crippen LogP contribution >= 0.6 is 27.7 Å². The van der Waals surface area contributed by atoms with Crippen molar-refractivity contribution in [2.45, 2.75) is 6.92 Å². The lowest BCUT2D eigenvalue weighted by Crippen LogP contribution is -2.43. The van der Waals surface area contributed by atoms with Gasteiger partial charge in [-0.15, -0.1) is 11.8 Å². The number of benzene rings is 1. The number of halogens is 2. The van der Waals surface area contributed by atoms with Gasteiger partial charge in [0.15, 0.2) is 0 Å². The second kappa shape index (κ2) is 4.78. The first-order valence-electron chi connectivity index (χ1n) is 4.90. The van der Waals surface area contributed by atoms with Crippen molar-refractivity contribution in [3.63, 3.8) is 0 Å². The maximum Gasteiger partial charge on any atom is 0.243 e. The molecule has 1 aromatic rings. The second-order valence-electron chi connectivity index (χ2n) is 3.67. The maximum atomic E-state index is 13.5. The zero-order valence-electron chi connectivity index (χ0n) is 9.00. The fourth-order valence-electron chi connectivity index (χ4n) is 1.64. The Bertz CT molecular complexity index is 490. The highest BCUT2D eigenvalue weighted by atomic mass is 79.9. The van der Waals surface area contributed by atoms with Crippen molar-refractivity contribution in [3.05, 3.63) is 28.0 Å². The third-order valence-corrected chi connectivity index (χ3v) is 3.94. The van der Waals surface area contributed by atoms with Gasteiger partial charge in [-0.05, 0) is 40.5 Å². The molecular formula is C11H9BrFNO2S. The minimum Gasteiger partial charge on any atom is -0.273 e. The predicted octanol–water partition coefficient (Wildman–Crippen LogP) is 2.50. The molecule has 0 saturated carbocycles. The number of rotatable bonds is 1. The van der Waals surface area contributed by atoms with E-state index in [1.54, 1.807) is 13.0 Å². The molecule has 2 amide bonds. The van der Waals surface area contributed by atoms with Gasteiger partial charge in [-0.1, -0.05) is 0 Å². The van der Waals surface area contributed by atoms with Gasteiger partial charge in [-0.2, -0.15) is 0 Å². The van der Waals surface area contributed by atoms with Crippen LogP contribution in [0, 0.1) is 12.7 Å². The lowest BCUT2D eigenvalue weighted by molar-refractivity contribution is -0.124. The molecule has 0 aromatic heterocycles. The summed E-state index contributed by atoms with van der Waals surface area (Å²) in [5.74, 6) is -0.567. The SMILES string of the molecule is Cc1cc(Br)c(F)cc1N1C(=O)CSCC1=O. The largest absolute Gasteiger partial charge is 0.273 e. The van der Waals surface area contributed by atoms with E-state index in [1.165, 1.54) is 17.8 Å². The van der Waals surface area contributed by atoms with Crippen molar-refractivity contribution in [2.75, 3.05) is 16.4 Å². The predicted molar refractivity (Wildman–Crippen MR) is 68.7 cm³/mol. The van der Waals surface area contributed by atoms with Crippen LogP contribution in [0.2, 0.25) is 0 Å². The molecular weight excluding hydrogens is 309 g/mol. The Morgan fingerprint density at radius 3 is 2.47 bits per heavy atom. The fraction of sp³-hybridized carbons (Fsp3) is 0.273. The molecule has 1 saturated heterocycles. The van der Waals surface area contributed by atoms with E-state index in [9.17, 15) is 14.0 Å². The summed E-state index contributed by atoms with van der Waals surface area (Å²) in [7, 11) is 0. The number of carbonyl (C=O) groups excluding carboxylic acids is 2. The minimum absolute atomic E-state index is 0.253. The summed E-state index contributed by atoms with van der Waals surface area (Å²) in [4.78, 5) is 24.5. The highest BCUT2D eigenvalue weighted by molar-refractivity contribution is 9.10. The van der Waals surface area contributed by atoms with Crippen LogP contribution in [0.4, 0.5) is 10.1 Å². The smallest absolute Gasteiger partial charge is 0.243 e. The van der Waals surface area contributed by atoms with Crippen LogP contribution in [0.15, 0.2) is 16.6 Å². The number of aryl methyl sites for hydroxylation is 1. The molecule has 1 aliphatic rings. The lowest BCUT2D eigenvalue weighted by atomic mass is 10.1. The standard InChI is InChI=1S/C11H9BrFNO2S/c1-6-2-7(12)8(13)3-9(6)14-10(15)4-17-5-11(14)16/h2-3H,4-5H2,1H3. The van der Waals surface area contributed by atoms with Crippen molar-refractivity contribution in [2.24, 2.45) is 0 Å². The Labute approximate surface area is 110 Å². The van der Waals surface area contributed by atoms with E-state index >= 15 is 0 Å². The number of amides is 2. The van der Waals surface area contributed by atoms with Gasteiger partial charge in [0.25, 0.3) is 0 Å². The van der Waals surface area contributed by atoms with Crippen LogP contribution in [0.25, 0.3) is 0 Å². The van der Waals surface area contributed by atoms with E-state index in [2.05, 4.69) is 15.9 Å². The average Bonchev–Trinajstić information content (AvgIpc) is 2.25. The first-order chi connectivity index (χ1) is 8.00. The van der Waals surface area contributed by atoms with Crippen molar-refractivity contribution >= 4 is 45.2 Å². The molecule has 1 aromatic carbocycles. The van der Waals surface area contributed by atoms with Crippen LogP contribution < -0.4 is 4.90 Å². The zero-order chi connectivity index (χ0) is 12.6. The number of thioether (sulfide) groups is 1. The highest BCUT2D eigenvalue weighted by Gasteiger charge is 2.29. The van der Waals surface area contributed by atoms with Crippen molar-refractivity contribution in [3.8, 4) is 0 Å². The van der Waals surface area contributed by atoms with Gasteiger partial charge in [0.05, 0.1) is 21.7 Å². The van der Waals surface area contributed by atoms with Crippen LogP contribution in [0.3, 0.4) is 0 Å². The summed E-state index contributed by atoms with van der Waals surface area (Å²) < 4.78 is 13.8. The Kier molecular flexibility index (Phi) is 3.53. The van der Waals surface area contributed by atoms with Gasteiger partial charge in [0.2, 0.25) is 11.8 Å². The molecule has 3 nitrogen and oxygen atoms in total. The quantitative estimate of drug-likeness (QED) is 0.747. The topological polar surface area (TPSA) is 37.4 Å². The molecule has 0 unspecified atom stereocenters. The number of hydrogen-bond donors (Lipinski definition) is 0. The van der Waals surface area contributed by atoms with Gasteiger partial charge in [-0.3, -0.25) is 9.59 Å². The first kappa shape index (κ1) is 12.6. The summed E-state index contributed by atoms with van der Waals surface area (Å²) in [5, 5.41) is 0. The number of carbonyl (C=O) groups is 2. The first-order valence-corrected chi connectivity index (χ1v) is 6.84. The van der Waals surface area contributed by atoms with Gasteiger partial charge < -0.3 is 0 Å². The van der Waals surface area contributed by atoms with Gasteiger partial charge in [-0.25, -0.2) is 9.29 Å². The molecule has 0 radical (unpaired) electrons. The summed E-state index contributed by atoms with van der Waals surface area (Å²) in [6.07, 6.45) is 0. The number of nitrogens with zero attached hydrogens (tertiary/aromatic N) is 1. The Balaban J connectivity index is 2.48. The molecule has 0 spiro atoms. The van der Waals surface area contributed by atoms with Gasteiger partial charge in [0.1, 0.15) is 5.82 Å². The molecule has 0 N–H and O–H groups in total. The molecule has 0 atom stereocenters. The molecule has 6 heteroatoms. The van der Waals surface area contributed by atoms with Crippen molar-refractivity contribution in [1.29, 1.82) is 0 Å². The summed E-state index contributed by atoms with van der Waals surface area (Å²) in [6, 6.07) is 2.78. The molecule has 0 aliphatic carbocycles. The number of anilines is 1. The molecule has 1 fully saturated rings. The Hall–Kier alpha value is -0.880. The van der Waals surface area contributed by atoms with E-state index in [-0.39, 0.29) is 23.3 Å². The Morgan fingerprint density at radius 2 is 1.88 bits per heavy atom. The van der Waals surface area contributed by atoms with Crippen LogP contribution in [-0.4, -0.2) is 23.3 Å². The van der Waals surface area contributed by atoms with Crippen LogP contribution in [0.1, 0.15) is 5.56 Å². The number of hydrogen-bond acceptors (Lipinski definition) is 3. The molecule has 2 rings (SSSR count). The third-order valence-electron chi connectivity index (χ3n) is 2.43. The van der Waals surface area contributed by atoms with E-state index in [1.807, 2.05) is 0 Å². The molecule has 90 valence electrons. The van der Waals surface area contributed by atoms with E-state index in [4.69, 9.17) is 0 Å². The van der Waals surface area contributed by atoms with E-state index < -0.39 is 5.82 Å². The monoisotopic (exact) mass is 317 g/mol. The number of imide groups is 1.